The molecule has 0 unspecified atom stereocenters. The second-order valence-electron chi connectivity index (χ2n) is 4.32. The summed E-state index contributed by atoms with van der Waals surface area (Å²) in [4.78, 5) is 11.2. The van der Waals surface area contributed by atoms with Crippen LogP contribution in [0.25, 0.3) is 0 Å². The number of carbonyl (C=O) groups excluding carboxylic acids is 1. The van der Waals surface area contributed by atoms with Gasteiger partial charge in [0.2, 0.25) is 0 Å². The van der Waals surface area contributed by atoms with Gasteiger partial charge in [-0.05, 0) is 34.6 Å². The fourth-order valence-corrected chi connectivity index (χ4v) is 0.574. The van der Waals surface area contributed by atoms with Gasteiger partial charge in [-0.3, -0.25) is 5.43 Å². The van der Waals surface area contributed by atoms with Crippen LogP contribution in [-0.4, -0.2) is 29.8 Å². The van der Waals surface area contributed by atoms with Gasteiger partial charge in [0, 0.05) is 13.1 Å². The Bertz CT molecular complexity index is 173. The summed E-state index contributed by atoms with van der Waals surface area (Å²) in [7, 11) is 1.80. The first kappa shape index (κ1) is 12.2. The molecule has 0 spiro atoms. The highest BCUT2D eigenvalue weighted by Crippen LogP contribution is 2.06. The van der Waals surface area contributed by atoms with E-state index < -0.39 is 11.7 Å². The van der Waals surface area contributed by atoms with Crippen LogP contribution in [0.2, 0.25) is 0 Å². The maximum atomic E-state index is 11.2. The quantitative estimate of drug-likeness (QED) is 0.671. The Balaban J connectivity index is 3.89. The lowest BCUT2D eigenvalue weighted by Gasteiger charge is -2.25. The van der Waals surface area contributed by atoms with E-state index >= 15 is 0 Å². The lowest BCUT2D eigenvalue weighted by Crippen LogP contribution is -2.45. The molecule has 13 heavy (non-hydrogen) atoms. The lowest BCUT2D eigenvalue weighted by molar-refractivity contribution is 0.0327. The molecule has 1 N–H and O–H groups in total. The second-order valence-corrected chi connectivity index (χ2v) is 4.32. The van der Waals surface area contributed by atoms with Gasteiger partial charge in [-0.2, -0.15) is 0 Å². The number of hydrazine groups is 1. The number of nitrogens with one attached hydrogen (secondary N) is 1. The van der Waals surface area contributed by atoms with Gasteiger partial charge in [0.15, 0.2) is 0 Å². The van der Waals surface area contributed by atoms with Crippen LogP contribution in [0, 0.1) is 0 Å². The van der Waals surface area contributed by atoms with Gasteiger partial charge in [-0.15, -0.1) is 0 Å². The average molecular weight is 188 g/mol. The zero-order valence-corrected chi connectivity index (χ0v) is 9.34. The summed E-state index contributed by atoms with van der Waals surface area (Å²) >= 11 is 0. The molecule has 0 aromatic carbocycles. The molecule has 78 valence electrons. The molecule has 0 atom stereocenters. The van der Waals surface area contributed by atoms with Crippen molar-refractivity contribution in [2.45, 2.75) is 46.3 Å². The molecule has 4 heteroatoms. The van der Waals surface area contributed by atoms with Crippen molar-refractivity contribution in [1.29, 1.82) is 0 Å². The van der Waals surface area contributed by atoms with Crippen molar-refractivity contribution in [2.24, 2.45) is 0 Å². The zero-order chi connectivity index (χ0) is 10.6. The molecular formula is C9H20N2O2. The van der Waals surface area contributed by atoms with E-state index in [0.29, 0.717) is 0 Å². The van der Waals surface area contributed by atoms with E-state index in [2.05, 4.69) is 5.43 Å². The maximum absolute atomic E-state index is 11.2. The third-order valence-corrected chi connectivity index (χ3v) is 1.44. The van der Waals surface area contributed by atoms with Crippen molar-refractivity contribution >= 4 is 6.09 Å². The monoisotopic (exact) mass is 188 g/mol. The Labute approximate surface area is 80.2 Å². The van der Waals surface area contributed by atoms with Crippen molar-refractivity contribution in [3.63, 3.8) is 0 Å². The number of amides is 1. The first-order chi connectivity index (χ1) is 5.72. The Hall–Kier alpha value is -0.770. The molecule has 0 heterocycles. The molecule has 0 radical (unpaired) electrons. The Morgan fingerprint density at radius 2 is 1.85 bits per heavy atom. The second kappa shape index (κ2) is 4.46. The van der Waals surface area contributed by atoms with Crippen molar-refractivity contribution in [2.75, 3.05) is 7.05 Å². The minimum absolute atomic E-state index is 0.257. The van der Waals surface area contributed by atoms with Crippen LogP contribution in [0.1, 0.15) is 34.6 Å². The average Bonchev–Trinajstić information content (AvgIpc) is 1.81. The molecule has 0 bridgehead atoms. The maximum Gasteiger partial charge on any atom is 0.422 e. The van der Waals surface area contributed by atoms with E-state index in [1.54, 1.807) is 12.1 Å². The van der Waals surface area contributed by atoms with Crippen molar-refractivity contribution in [1.82, 2.24) is 10.4 Å². The molecule has 0 aliphatic carbocycles. The topological polar surface area (TPSA) is 41.6 Å². The van der Waals surface area contributed by atoms with Crippen LogP contribution in [0.3, 0.4) is 0 Å². The zero-order valence-electron chi connectivity index (χ0n) is 9.34. The minimum Gasteiger partial charge on any atom is -0.443 e. The number of hydrogen-bond donors (Lipinski definition) is 1. The largest absolute Gasteiger partial charge is 0.443 e. The van der Waals surface area contributed by atoms with Crippen LogP contribution < -0.4 is 5.43 Å². The molecule has 0 saturated carbocycles. The summed E-state index contributed by atoms with van der Waals surface area (Å²) in [5.74, 6) is 0. The molecule has 0 aliphatic rings. The van der Waals surface area contributed by atoms with Crippen LogP contribution in [0.5, 0.6) is 0 Å². The van der Waals surface area contributed by atoms with Gasteiger partial charge in [-0.1, -0.05) is 0 Å². The number of nitrogens with zero attached hydrogens (tertiary/aromatic N) is 1. The number of rotatable bonds is 2. The summed E-state index contributed by atoms with van der Waals surface area (Å²) in [5, 5.41) is 1.70. The molecule has 0 aliphatic heterocycles. The van der Waals surface area contributed by atoms with E-state index in [4.69, 9.17) is 4.74 Å². The smallest absolute Gasteiger partial charge is 0.422 e. The molecule has 1 amide bonds. The highest BCUT2D eigenvalue weighted by atomic mass is 16.6. The van der Waals surface area contributed by atoms with Gasteiger partial charge >= 0.3 is 6.09 Å². The normalized spacial score (nSPS) is 12.0. The third-order valence-electron chi connectivity index (χ3n) is 1.44. The molecule has 0 fully saturated rings. The molecule has 0 aromatic rings. The summed E-state index contributed by atoms with van der Waals surface area (Å²) in [6.07, 6.45) is -0.413. The van der Waals surface area contributed by atoms with Crippen molar-refractivity contribution < 1.29 is 9.53 Å². The van der Waals surface area contributed by atoms with E-state index in [9.17, 15) is 4.79 Å². The number of carbonyl (C=O) groups is 1. The summed E-state index contributed by atoms with van der Waals surface area (Å²) in [6, 6.07) is 0.257. The standard InChI is InChI=1S/C9H20N2O2/c1-7(2)11(6)10-8(12)13-9(3,4)5/h7H,1-6H3,(H,10,12). The van der Waals surface area contributed by atoms with E-state index in [0.717, 1.165) is 0 Å². The van der Waals surface area contributed by atoms with Gasteiger partial charge in [-0.25, -0.2) is 9.80 Å². The van der Waals surface area contributed by atoms with Crippen molar-refractivity contribution in [3.8, 4) is 0 Å². The molecule has 0 rings (SSSR count). The van der Waals surface area contributed by atoms with Crippen LogP contribution in [-0.2, 0) is 4.74 Å². The fourth-order valence-electron chi connectivity index (χ4n) is 0.574. The predicted molar refractivity (Wildman–Crippen MR) is 52.3 cm³/mol. The van der Waals surface area contributed by atoms with Gasteiger partial charge in [0.05, 0.1) is 0 Å². The molecule has 4 nitrogen and oxygen atoms in total. The fraction of sp³-hybridized carbons (Fsp3) is 0.889. The van der Waals surface area contributed by atoms with Gasteiger partial charge < -0.3 is 4.74 Å². The highest BCUT2D eigenvalue weighted by molar-refractivity contribution is 5.67. The third kappa shape index (κ3) is 6.40. The van der Waals surface area contributed by atoms with Crippen LogP contribution in [0.15, 0.2) is 0 Å². The van der Waals surface area contributed by atoms with Gasteiger partial charge in [0.25, 0.3) is 0 Å². The summed E-state index contributed by atoms with van der Waals surface area (Å²) in [6.45, 7) is 9.47. The van der Waals surface area contributed by atoms with Crippen LogP contribution >= 0.6 is 0 Å². The number of hydrogen-bond acceptors (Lipinski definition) is 3. The SMILES string of the molecule is CC(C)N(C)NC(=O)OC(C)(C)C. The van der Waals surface area contributed by atoms with Gasteiger partial charge in [0.1, 0.15) is 5.60 Å². The minimum atomic E-state index is -0.443. The molecular weight excluding hydrogens is 168 g/mol. The Morgan fingerprint density at radius 3 is 2.15 bits per heavy atom. The number of ether oxygens (including phenoxy) is 1. The predicted octanol–water partition coefficient (Wildman–Crippen LogP) is 1.77. The van der Waals surface area contributed by atoms with E-state index in [1.165, 1.54) is 0 Å². The first-order valence-corrected chi connectivity index (χ1v) is 4.45. The summed E-state index contributed by atoms with van der Waals surface area (Å²) in [5.41, 5.74) is 2.17. The molecule has 0 aromatic heterocycles. The first-order valence-electron chi connectivity index (χ1n) is 4.45. The van der Waals surface area contributed by atoms with E-state index in [1.807, 2.05) is 34.6 Å². The Morgan fingerprint density at radius 1 is 1.38 bits per heavy atom. The van der Waals surface area contributed by atoms with Crippen LogP contribution in [0.4, 0.5) is 4.79 Å². The lowest BCUT2D eigenvalue weighted by atomic mass is 10.2. The Kier molecular flexibility index (Phi) is 4.20. The summed E-state index contributed by atoms with van der Waals surface area (Å²) < 4.78 is 5.07. The molecule has 0 saturated heterocycles. The highest BCUT2D eigenvalue weighted by Gasteiger charge is 2.17. The van der Waals surface area contributed by atoms with E-state index in [-0.39, 0.29) is 6.04 Å². The van der Waals surface area contributed by atoms with Crippen molar-refractivity contribution in [3.05, 3.63) is 0 Å².